The van der Waals surface area contributed by atoms with Crippen molar-refractivity contribution >= 4 is 14.5 Å². The molecule has 0 fully saturated rings. The van der Waals surface area contributed by atoms with E-state index < -0.39 is 0 Å². The fourth-order valence-corrected chi connectivity index (χ4v) is 5.54. The van der Waals surface area contributed by atoms with E-state index in [-0.39, 0.29) is 0 Å². The molecule has 8 aromatic rings. The predicted molar refractivity (Wildman–Crippen MR) is 225 cm³/mol. The van der Waals surface area contributed by atoms with Gasteiger partial charge in [-0.05, 0) is 49.8 Å². The summed E-state index contributed by atoms with van der Waals surface area (Å²) in [5, 5.41) is 8.24. The highest BCUT2D eigenvalue weighted by Gasteiger charge is 1.98. The van der Waals surface area contributed by atoms with Gasteiger partial charge in [-0.15, -0.1) is 9.24 Å². The van der Waals surface area contributed by atoms with E-state index in [1.165, 1.54) is 49.8 Å². The highest BCUT2D eigenvalue weighted by atomic mass is 31.0. The Kier molecular flexibility index (Phi) is 16.9. The lowest BCUT2D eigenvalue weighted by Gasteiger charge is -2.03. The van der Waals surface area contributed by atoms with E-state index in [1.54, 1.807) is 0 Å². The van der Waals surface area contributed by atoms with Gasteiger partial charge in [-0.1, -0.05) is 237 Å². The maximum Gasteiger partial charge on any atom is 0.0319 e. The maximum atomic E-state index is 7.00. The van der Waals surface area contributed by atoms with Gasteiger partial charge < -0.3 is 5.11 Å². The predicted octanol–water partition coefficient (Wildman–Crippen LogP) is 12.5. The van der Waals surface area contributed by atoms with E-state index in [4.69, 9.17) is 5.11 Å². The van der Waals surface area contributed by atoms with Gasteiger partial charge in [-0.3, -0.25) is 0 Å². The van der Waals surface area contributed by atoms with Crippen molar-refractivity contribution in [2.45, 2.75) is 0 Å². The van der Waals surface area contributed by atoms with Crippen LogP contribution in [0, 0.1) is 0 Å². The van der Waals surface area contributed by atoms with Crippen molar-refractivity contribution in [1.29, 1.82) is 0 Å². The van der Waals surface area contributed by atoms with Crippen LogP contribution in [0.15, 0.2) is 237 Å². The van der Waals surface area contributed by atoms with E-state index in [0.717, 1.165) is 7.11 Å². The SMILES string of the molecule is CO.Pc1ccccc1-c1ccccc1.c1ccc(-c2ccccc2)cc1.c1ccc(-c2ccccc2)cc1.c1ccc(-c2ccccc2)cc1. The zero-order valence-corrected chi connectivity index (χ0v) is 30.2. The average molecular weight is 681 g/mol. The third kappa shape index (κ3) is 13.2. The van der Waals surface area contributed by atoms with Crippen molar-refractivity contribution in [1.82, 2.24) is 0 Å². The molecule has 0 amide bonds. The molecule has 0 aromatic heterocycles. The summed E-state index contributed by atoms with van der Waals surface area (Å²) in [5.41, 5.74) is 10.2. The highest BCUT2D eigenvalue weighted by molar-refractivity contribution is 7.28. The molecule has 8 rings (SSSR count). The van der Waals surface area contributed by atoms with Gasteiger partial charge in [0.25, 0.3) is 0 Å². The molecule has 51 heavy (non-hydrogen) atoms. The second-order valence-corrected chi connectivity index (χ2v) is 11.8. The molecule has 0 spiro atoms. The normalized spacial score (nSPS) is 9.47. The Morgan fingerprint density at radius 3 is 0.627 bits per heavy atom. The van der Waals surface area contributed by atoms with Crippen molar-refractivity contribution < 1.29 is 5.11 Å². The Bertz CT molecular complexity index is 1730. The Morgan fingerprint density at radius 1 is 0.235 bits per heavy atom. The Morgan fingerprint density at radius 2 is 0.412 bits per heavy atom. The molecule has 0 aliphatic carbocycles. The summed E-state index contributed by atoms with van der Waals surface area (Å²) >= 11 is 0. The summed E-state index contributed by atoms with van der Waals surface area (Å²) in [5.74, 6) is 0. The third-order valence-corrected chi connectivity index (χ3v) is 8.19. The zero-order valence-electron chi connectivity index (χ0n) is 29.0. The summed E-state index contributed by atoms with van der Waals surface area (Å²) in [7, 11) is 3.76. The van der Waals surface area contributed by atoms with E-state index in [1.807, 2.05) is 42.5 Å². The van der Waals surface area contributed by atoms with Gasteiger partial charge in [0.05, 0.1) is 0 Å². The van der Waals surface area contributed by atoms with Gasteiger partial charge in [0, 0.05) is 7.11 Å². The van der Waals surface area contributed by atoms with Crippen LogP contribution >= 0.6 is 9.24 Å². The minimum Gasteiger partial charge on any atom is -0.400 e. The van der Waals surface area contributed by atoms with Crippen molar-refractivity contribution in [3.63, 3.8) is 0 Å². The van der Waals surface area contributed by atoms with Crippen molar-refractivity contribution in [3.8, 4) is 44.5 Å². The fourth-order valence-electron chi connectivity index (χ4n) is 5.16. The lowest BCUT2D eigenvalue weighted by atomic mass is 10.1. The first-order valence-corrected chi connectivity index (χ1v) is 17.5. The largest absolute Gasteiger partial charge is 0.400 e. The van der Waals surface area contributed by atoms with Gasteiger partial charge in [0.2, 0.25) is 0 Å². The first-order valence-electron chi connectivity index (χ1n) is 16.9. The van der Waals surface area contributed by atoms with Gasteiger partial charge >= 0.3 is 0 Å². The van der Waals surface area contributed by atoms with Gasteiger partial charge in [0.1, 0.15) is 0 Å². The Hall–Kier alpha value is -5.85. The minimum atomic E-state index is 1.00. The molecule has 0 aliphatic heterocycles. The van der Waals surface area contributed by atoms with Crippen LogP contribution in [0.25, 0.3) is 44.5 Å². The molecule has 0 bridgehead atoms. The lowest BCUT2D eigenvalue weighted by Crippen LogP contribution is -1.94. The van der Waals surface area contributed by atoms with E-state index in [9.17, 15) is 0 Å². The van der Waals surface area contributed by atoms with Crippen molar-refractivity contribution in [2.75, 3.05) is 7.11 Å². The van der Waals surface area contributed by atoms with Crippen LogP contribution < -0.4 is 5.30 Å². The van der Waals surface area contributed by atoms with Crippen LogP contribution in [0.4, 0.5) is 0 Å². The second kappa shape index (κ2) is 22.7. The Labute approximate surface area is 306 Å². The minimum absolute atomic E-state index is 1.00. The molecule has 8 aromatic carbocycles. The molecule has 1 N–H and O–H groups in total. The standard InChI is InChI=1S/C12H11P.3C12H10.CH4O/c13-12-9-5-4-8-11(12)10-6-2-1-3-7-10;3*1-3-7-11(8-4-1)12-9-5-2-6-10-12;1-2/h1-9H,13H2;3*1-10H;2H,1H3. The molecule has 0 heterocycles. The van der Waals surface area contributed by atoms with Crippen molar-refractivity contribution in [2.24, 2.45) is 0 Å². The van der Waals surface area contributed by atoms with Crippen molar-refractivity contribution in [3.05, 3.63) is 237 Å². The van der Waals surface area contributed by atoms with Gasteiger partial charge in [0.15, 0.2) is 0 Å². The smallest absolute Gasteiger partial charge is 0.0319 e. The first kappa shape index (κ1) is 38.0. The van der Waals surface area contributed by atoms with Gasteiger partial charge in [-0.25, -0.2) is 0 Å². The summed E-state index contributed by atoms with van der Waals surface area (Å²) in [4.78, 5) is 0. The molecule has 1 unspecified atom stereocenters. The summed E-state index contributed by atoms with van der Waals surface area (Å²) in [6, 6.07) is 81.1. The molecule has 2 heteroatoms. The van der Waals surface area contributed by atoms with Gasteiger partial charge in [-0.2, -0.15) is 0 Å². The molecular formula is C49H45OP. The lowest BCUT2D eigenvalue weighted by molar-refractivity contribution is 0.399. The monoisotopic (exact) mass is 680 g/mol. The first-order chi connectivity index (χ1) is 25.3. The zero-order chi connectivity index (χ0) is 35.8. The summed E-state index contributed by atoms with van der Waals surface area (Å²) in [6.07, 6.45) is 0. The number of rotatable bonds is 4. The van der Waals surface area contributed by atoms with Crippen LogP contribution in [0.1, 0.15) is 0 Å². The fraction of sp³-hybridized carbons (Fsp3) is 0.0204. The van der Waals surface area contributed by atoms with Crippen LogP contribution in [0.5, 0.6) is 0 Å². The van der Waals surface area contributed by atoms with E-state index >= 15 is 0 Å². The maximum absolute atomic E-state index is 7.00. The van der Waals surface area contributed by atoms with Crippen LogP contribution in [-0.4, -0.2) is 12.2 Å². The molecule has 0 aliphatic rings. The van der Waals surface area contributed by atoms with Crippen LogP contribution in [-0.2, 0) is 0 Å². The topological polar surface area (TPSA) is 20.2 Å². The Balaban J connectivity index is 0.000000150. The quantitative estimate of drug-likeness (QED) is 0.183. The van der Waals surface area contributed by atoms with E-state index in [0.29, 0.717) is 0 Å². The number of aliphatic hydroxyl groups is 1. The molecule has 0 radical (unpaired) electrons. The third-order valence-electron chi connectivity index (χ3n) is 7.69. The molecule has 0 saturated heterocycles. The average Bonchev–Trinajstić information content (AvgIpc) is 3.25. The molecule has 0 saturated carbocycles. The van der Waals surface area contributed by atoms with Crippen LogP contribution in [0.2, 0.25) is 0 Å². The molecule has 1 atom stereocenters. The highest BCUT2D eigenvalue weighted by Crippen LogP contribution is 2.20. The van der Waals surface area contributed by atoms with E-state index in [2.05, 4.69) is 203 Å². The van der Waals surface area contributed by atoms with Crippen LogP contribution in [0.3, 0.4) is 0 Å². The number of hydrogen-bond acceptors (Lipinski definition) is 1. The number of aliphatic hydroxyl groups excluding tert-OH is 1. The molecular weight excluding hydrogens is 636 g/mol. The number of hydrogen-bond donors (Lipinski definition) is 1. The number of benzene rings is 8. The molecule has 252 valence electrons. The summed E-state index contributed by atoms with van der Waals surface area (Å²) < 4.78 is 0. The molecule has 1 nitrogen and oxygen atoms in total. The summed E-state index contributed by atoms with van der Waals surface area (Å²) in [6.45, 7) is 0. The second-order valence-electron chi connectivity index (χ2n) is 11.1.